The zero-order chi connectivity index (χ0) is 51.1. The van der Waals surface area contributed by atoms with E-state index in [0.29, 0.717) is 0 Å². The number of fused-ring (bicyclic) bond motifs is 10. The number of allylic oxidation sites excluding steroid dienone is 5. The molecule has 0 saturated carbocycles. The van der Waals surface area contributed by atoms with Crippen LogP contribution in [0.5, 0.6) is 0 Å². The van der Waals surface area contributed by atoms with Crippen molar-refractivity contribution in [1.29, 1.82) is 10.8 Å². The third-order valence-corrected chi connectivity index (χ3v) is 15.4. The maximum absolute atomic E-state index is 7.57. The second kappa shape index (κ2) is 20.1. The number of hydrogen-bond acceptors (Lipinski definition) is 4. The number of aliphatic imine (C=N–C) groups is 1. The van der Waals surface area contributed by atoms with Crippen LogP contribution in [0.25, 0.3) is 79.1 Å². The fourth-order valence-corrected chi connectivity index (χ4v) is 11.9. The number of amidine groups is 1. The molecule has 0 saturated heterocycles. The summed E-state index contributed by atoms with van der Waals surface area (Å²) in [6.07, 6.45) is 23.0. The molecule has 3 N–H and O–H groups in total. The van der Waals surface area contributed by atoms with Crippen molar-refractivity contribution in [2.24, 2.45) is 4.99 Å². The largest absolute Gasteiger partial charge is 0.460 e. The fraction of sp³-hybridized carbons (Fsp3) is 0.209. The lowest BCUT2D eigenvalue weighted by Crippen LogP contribution is -2.15. The number of hydrogen-bond donors (Lipinski definition) is 3. The van der Waals surface area contributed by atoms with Gasteiger partial charge in [0.1, 0.15) is 11.3 Å². The van der Waals surface area contributed by atoms with E-state index >= 15 is 0 Å². The van der Waals surface area contributed by atoms with Crippen molar-refractivity contribution in [3.63, 3.8) is 0 Å². The van der Waals surface area contributed by atoms with Crippen LogP contribution in [-0.4, -0.2) is 27.9 Å². The number of furan rings is 1. The number of nitrogens with one attached hydrogen (secondary N) is 3. The molecule has 7 nitrogen and oxygen atoms in total. The lowest BCUT2D eigenvalue weighted by atomic mass is 9.82. The number of benzene rings is 6. The van der Waals surface area contributed by atoms with Gasteiger partial charge in [-0.05, 0) is 174 Å². The molecule has 12 rings (SSSR count). The minimum absolute atomic E-state index is 0.103. The van der Waals surface area contributed by atoms with Crippen molar-refractivity contribution in [3.05, 3.63) is 213 Å². The summed E-state index contributed by atoms with van der Waals surface area (Å²) in [5.41, 5.74) is 23.1. The molecule has 3 aliphatic carbocycles. The van der Waals surface area contributed by atoms with Gasteiger partial charge < -0.3 is 24.3 Å². The van der Waals surface area contributed by atoms with Crippen LogP contribution in [0.1, 0.15) is 121 Å². The zero-order valence-electron chi connectivity index (χ0n) is 43.3. The van der Waals surface area contributed by atoms with Gasteiger partial charge in [-0.25, -0.2) is 4.99 Å². The molecule has 9 aromatic rings. The highest BCUT2D eigenvalue weighted by molar-refractivity contribution is 6.09. The van der Waals surface area contributed by atoms with Gasteiger partial charge in [0.15, 0.2) is 5.84 Å². The van der Waals surface area contributed by atoms with Crippen LogP contribution >= 0.6 is 0 Å². The van der Waals surface area contributed by atoms with Crippen LogP contribution in [0.3, 0.4) is 0 Å². The lowest BCUT2D eigenvalue weighted by Gasteiger charge is -2.22. The highest BCUT2D eigenvalue weighted by Gasteiger charge is 2.37. The molecule has 0 radical (unpaired) electrons. The van der Waals surface area contributed by atoms with E-state index in [9.17, 15) is 0 Å². The van der Waals surface area contributed by atoms with Crippen molar-refractivity contribution in [1.82, 2.24) is 14.5 Å². The Morgan fingerprint density at radius 2 is 1.49 bits per heavy atom. The van der Waals surface area contributed by atoms with Gasteiger partial charge in [0.25, 0.3) is 0 Å². The Bertz CT molecular complexity index is 3840. The summed E-state index contributed by atoms with van der Waals surface area (Å²) in [6, 6.07) is 44.3. The Morgan fingerprint density at radius 1 is 0.743 bits per heavy atom. The predicted molar refractivity (Wildman–Crippen MR) is 313 cm³/mol. The van der Waals surface area contributed by atoms with Crippen LogP contribution in [0.15, 0.2) is 155 Å². The van der Waals surface area contributed by atoms with Crippen LogP contribution in [0.4, 0.5) is 0 Å². The molecular formula is C67H64N6O. The van der Waals surface area contributed by atoms with Gasteiger partial charge in [-0.1, -0.05) is 119 Å². The minimum atomic E-state index is -0.103. The first-order valence-electron chi connectivity index (χ1n) is 26.3. The summed E-state index contributed by atoms with van der Waals surface area (Å²) in [4.78, 5) is 3.59. The fourth-order valence-electron chi connectivity index (χ4n) is 11.9. The lowest BCUT2D eigenvalue weighted by molar-refractivity contribution is 0.546. The number of nitrogens with zero attached hydrogens (tertiary/aromatic N) is 3. The van der Waals surface area contributed by atoms with E-state index in [1.807, 2.05) is 37.3 Å². The molecule has 368 valence electrons. The normalized spacial score (nSPS) is 14.3. The topological polar surface area (TPSA) is 95.1 Å². The first-order chi connectivity index (χ1) is 36.1. The molecular weight excluding hydrogens is 905 g/mol. The molecule has 0 amide bonds. The van der Waals surface area contributed by atoms with Crippen LogP contribution in [0.2, 0.25) is 0 Å². The van der Waals surface area contributed by atoms with E-state index in [1.165, 1.54) is 106 Å². The summed E-state index contributed by atoms with van der Waals surface area (Å²) in [5.74, 6) is 1.27. The molecule has 3 heterocycles. The van der Waals surface area contributed by atoms with Crippen molar-refractivity contribution < 1.29 is 4.42 Å². The molecule has 3 aliphatic rings. The molecule has 0 unspecified atom stereocenters. The predicted octanol–water partition coefficient (Wildman–Crippen LogP) is 16.6. The highest BCUT2D eigenvalue weighted by atomic mass is 16.3. The number of aromatic nitrogens is 2. The summed E-state index contributed by atoms with van der Waals surface area (Å²) in [5, 5.41) is 22.6. The Labute approximate surface area is 435 Å². The van der Waals surface area contributed by atoms with E-state index < -0.39 is 0 Å². The summed E-state index contributed by atoms with van der Waals surface area (Å²) in [7, 11) is 0. The van der Waals surface area contributed by atoms with Crippen molar-refractivity contribution in [2.45, 2.75) is 91.6 Å². The average molecular weight is 969 g/mol. The Kier molecular flexibility index (Phi) is 13.1. The van der Waals surface area contributed by atoms with E-state index in [1.54, 1.807) is 0 Å². The summed E-state index contributed by atoms with van der Waals surface area (Å²) < 4.78 is 11.2. The van der Waals surface area contributed by atoms with Gasteiger partial charge in [-0.2, -0.15) is 0 Å². The third-order valence-electron chi connectivity index (χ3n) is 15.4. The first-order valence-corrected chi connectivity index (χ1v) is 26.3. The van der Waals surface area contributed by atoms with E-state index in [-0.39, 0.29) is 11.3 Å². The average Bonchev–Trinajstić information content (AvgIpc) is 4.15. The smallest absolute Gasteiger partial charge is 0.151 e. The zero-order valence-corrected chi connectivity index (χ0v) is 43.3. The third kappa shape index (κ3) is 8.45. The molecule has 3 aromatic heterocycles. The van der Waals surface area contributed by atoms with E-state index in [4.69, 9.17) is 15.2 Å². The standard InChI is InChI=1S/C54H49N3O.C13H15N3/c1-5-14-48-38(6-2)44-30-47-43(31-51(44)57(48)37-16-13-15-36(29-37)56-49-20-10-7-17-39(49)40-18-8-11-21-50(40)56)42-27-34(23-25-46(42)54(47,3)4)32-55-33-35-24-26-53-45(28-35)41-19-9-12-22-52(41)58-53;1-3-5-12(9-14)10-6-4-7-11(8-10)13(15)16-2/h5,7,9-11,13-17,19-21,23-31,55H,6,8,12,18,22,32-33H2,1-4H3;4-9,14-15H,2-3H2,1H3/b14-5-;12-5+,14-9?,15-13?. The second-order valence-corrected chi connectivity index (χ2v) is 20.3. The summed E-state index contributed by atoms with van der Waals surface area (Å²) >= 11 is 0. The van der Waals surface area contributed by atoms with Crippen LogP contribution < -0.4 is 5.32 Å². The monoisotopic (exact) mass is 969 g/mol. The Hall–Kier alpha value is -8.13. The molecule has 74 heavy (non-hydrogen) atoms. The van der Waals surface area contributed by atoms with Gasteiger partial charge in [-0.15, -0.1) is 0 Å². The molecule has 0 aliphatic heterocycles. The Morgan fingerprint density at radius 3 is 2.28 bits per heavy atom. The highest BCUT2D eigenvalue weighted by Crippen LogP contribution is 2.51. The second-order valence-electron chi connectivity index (χ2n) is 20.3. The molecule has 0 bridgehead atoms. The van der Waals surface area contributed by atoms with Crippen LogP contribution in [-0.2, 0) is 37.8 Å². The number of para-hydroxylation sites is 1. The van der Waals surface area contributed by atoms with Crippen molar-refractivity contribution >= 4 is 75.3 Å². The van der Waals surface area contributed by atoms with Gasteiger partial charge in [-0.3, -0.25) is 5.41 Å². The maximum atomic E-state index is 7.57. The summed E-state index contributed by atoms with van der Waals surface area (Å²) in [6.45, 7) is 16.2. The maximum Gasteiger partial charge on any atom is 0.151 e. The van der Waals surface area contributed by atoms with Gasteiger partial charge >= 0.3 is 0 Å². The van der Waals surface area contributed by atoms with Gasteiger partial charge in [0.05, 0.1) is 11.0 Å². The molecule has 7 heteroatoms. The molecule has 0 spiro atoms. The van der Waals surface area contributed by atoms with Crippen LogP contribution in [0, 0.1) is 10.8 Å². The number of rotatable bonds is 12. The van der Waals surface area contributed by atoms with Gasteiger partial charge in [0.2, 0.25) is 0 Å². The van der Waals surface area contributed by atoms with E-state index in [2.05, 4.69) is 187 Å². The SMILES string of the molecule is C/C=C\c1c(CC)c2cc3c(cc2n1-c1cccc(-n2c4c(c5ccccc52)CCC=C4)c1)-c1cc(CNCc2ccc4oc5c(c4c2)C=CCC5)ccc1C3(C)C.C=NC(=N)c1cccc(/C(C=N)=C/CC)c1. The quantitative estimate of drug-likeness (QED) is 0.0840. The first kappa shape index (κ1) is 48.2. The van der Waals surface area contributed by atoms with Crippen molar-refractivity contribution in [3.8, 4) is 22.5 Å². The molecule has 0 atom stereocenters. The molecule has 0 fully saturated rings. The minimum Gasteiger partial charge on any atom is -0.460 e. The van der Waals surface area contributed by atoms with Gasteiger partial charge in [0, 0.05) is 81.2 Å². The van der Waals surface area contributed by atoms with E-state index in [0.717, 1.165) is 79.7 Å². The van der Waals surface area contributed by atoms with Crippen molar-refractivity contribution in [2.75, 3.05) is 0 Å². The molecule has 6 aromatic carbocycles. The number of aryl methyl sites for hydroxylation is 3. The Balaban J connectivity index is 0.000000317.